The molecule has 0 aromatic carbocycles. The number of carbonyl (C=O) groups is 1. The van der Waals surface area contributed by atoms with Crippen molar-refractivity contribution in [1.29, 1.82) is 0 Å². The smallest absolute Gasteiger partial charge is 0.130 e. The van der Waals surface area contributed by atoms with Crippen molar-refractivity contribution in [2.75, 3.05) is 0 Å². The van der Waals surface area contributed by atoms with Crippen molar-refractivity contribution in [2.45, 2.75) is 27.7 Å². The van der Waals surface area contributed by atoms with E-state index >= 15 is 0 Å². The molecule has 0 rings (SSSR count). The lowest BCUT2D eigenvalue weighted by molar-refractivity contribution is -0.117. The second-order valence-electron chi connectivity index (χ2n) is 3.63. The summed E-state index contributed by atoms with van der Waals surface area (Å²) in [6.07, 6.45) is 2.80. The van der Waals surface area contributed by atoms with Gasteiger partial charge in [-0.05, 0) is 11.8 Å². The monoisotopic (exact) mass is 154 g/mol. The molecular formula is C10H18O. The molecule has 0 saturated carbocycles. The van der Waals surface area contributed by atoms with E-state index in [4.69, 9.17) is 0 Å². The molecule has 0 amide bonds. The average Bonchev–Trinajstić information content (AvgIpc) is 1.90. The minimum atomic E-state index is -0.333. The van der Waals surface area contributed by atoms with E-state index in [2.05, 4.69) is 34.3 Å². The van der Waals surface area contributed by atoms with Crippen LogP contribution in [0.2, 0.25) is 0 Å². The summed E-state index contributed by atoms with van der Waals surface area (Å²) in [6, 6.07) is 0. The lowest BCUT2D eigenvalue weighted by atomic mass is 9.70. The molecule has 0 unspecified atom stereocenters. The van der Waals surface area contributed by atoms with E-state index in [1.165, 1.54) is 0 Å². The van der Waals surface area contributed by atoms with Gasteiger partial charge in [0.05, 0.1) is 0 Å². The first-order valence-corrected chi connectivity index (χ1v) is 4.11. The summed E-state index contributed by atoms with van der Waals surface area (Å²) in [5.41, 5.74) is -0.333. The Hall–Kier alpha value is -0.590. The maximum atomic E-state index is 10.9. The molecule has 0 aliphatic heterocycles. The normalized spacial score (nSPS) is 12.2. The van der Waals surface area contributed by atoms with Crippen LogP contribution in [0.3, 0.4) is 0 Å². The number of allylic oxidation sites excluding steroid dienone is 1. The molecule has 0 spiro atoms. The largest absolute Gasteiger partial charge is 0.302 e. The van der Waals surface area contributed by atoms with Crippen molar-refractivity contribution < 1.29 is 4.79 Å². The third-order valence-corrected chi connectivity index (χ3v) is 2.56. The summed E-state index contributed by atoms with van der Waals surface area (Å²) in [5.74, 6) is 0.662. The van der Waals surface area contributed by atoms with Crippen LogP contribution in [0.4, 0.5) is 0 Å². The van der Waals surface area contributed by atoms with Crippen LogP contribution >= 0.6 is 0 Å². The highest BCUT2D eigenvalue weighted by Gasteiger charge is 2.33. The van der Waals surface area contributed by atoms with Crippen LogP contribution in [-0.2, 0) is 4.79 Å². The number of carbonyl (C=O) groups excluding carboxylic acids is 1. The highest BCUT2D eigenvalue weighted by Crippen LogP contribution is 2.34. The zero-order valence-electron chi connectivity index (χ0n) is 7.92. The van der Waals surface area contributed by atoms with Gasteiger partial charge in [-0.2, -0.15) is 0 Å². The lowest BCUT2D eigenvalue weighted by Crippen LogP contribution is -2.32. The predicted octanol–water partition coefficient (Wildman–Crippen LogP) is 2.67. The van der Waals surface area contributed by atoms with Crippen molar-refractivity contribution in [1.82, 2.24) is 0 Å². The van der Waals surface area contributed by atoms with Gasteiger partial charge >= 0.3 is 0 Å². The third kappa shape index (κ3) is 1.70. The Morgan fingerprint density at radius 2 is 1.55 bits per heavy atom. The Kier molecular flexibility index (Phi) is 3.50. The molecule has 0 saturated heterocycles. The molecule has 11 heavy (non-hydrogen) atoms. The van der Waals surface area contributed by atoms with Crippen LogP contribution in [0.1, 0.15) is 27.7 Å². The zero-order valence-corrected chi connectivity index (χ0v) is 7.92. The second kappa shape index (κ2) is 3.70. The first kappa shape index (κ1) is 10.4. The Bertz CT molecular complexity index is 127. The molecule has 0 aliphatic rings. The minimum absolute atomic E-state index is 0.331. The predicted molar refractivity (Wildman–Crippen MR) is 48.4 cm³/mol. The molecule has 0 aliphatic carbocycles. The molecule has 1 heteroatoms. The topological polar surface area (TPSA) is 17.1 Å². The van der Waals surface area contributed by atoms with Crippen molar-refractivity contribution in [3.63, 3.8) is 0 Å². The van der Waals surface area contributed by atoms with Crippen molar-refractivity contribution >= 4 is 6.29 Å². The van der Waals surface area contributed by atoms with Gasteiger partial charge in [-0.15, -0.1) is 6.58 Å². The molecule has 0 aromatic heterocycles. The number of aldehydes is 1. The molecule has 0 bridgehead atoms. The number of hydrogen-bond donors (Lipinski definition) is 0. The highest BCUT2D eigenvalue weighted by molar-refractivity contribution is 5.63. The number of rotatable bonds is 4. The molecule has 0 radical (unpaired) electrons. The van der Waals surface area contributed by atoms with Crippen LogP contribution in [-0.4, -0.2) is 6.29 Å². The van der Waals surface area contributed by atoms with Gasteiger partial charge in [0.25, 0.3) is 0 Å². The highest BCUT2D eigenvalue weighted by atomic mass is 16.1. The van der Waals surface area contributed by atoms with Crippen LogP contribution in [0, 0.1) is 17.3 Å². The molecule has 64 valence electrons. The van der Waals surface area contributed by atoms with Crippen molar-refractivity contribution in [3.8, 4) is 0 Å². The first-order valence-electron chi connectivity index (χ1n) is 4.11. The van der Waals surface area contributed by atoms with E-state index in [9.17, 15) is 4.79 Å². The van der Waals surface area contributed by atoms with Crippen molar-refractivity contribution in [3.05, 3.63) is 12.7 Å². The molecule has 0 atom stereocenters. The standard InChI is InChI=1S/C10H18O/c1-6-10(7-11,8(2)3)9(4)5/h6-9H,1H2,2-5H3. The fourth-order valence-corrected chi connectivity index (χ4v) is 1.46. The van der Waals surface area contributed by atoms with Crippen LogP contribution < -0.4 is 0 Å². The Morgan fingerprint density at radius 1 is 1.18 bits per heavy atom. The van der Waals surface area contributed by atoms with Gasteiger partial charge in [-0.3, -0.25) is 0 Å². The fraction of sp³-hybridized carbons (Fsp3) is 0.700. The van der Waals surface area contributed by atoms with Gasteiger partial charge in [-0.1, -0.05) is 33.8 Å². The summed E-state index contributed by atoms with van der Waals surface area (Å²) < 4.78 is 0. The summed E-state index contributed by atoms with van der Waals surface area (Å²) in [6.45, 7) is 11.9. The second-order valence-corrected chi connectivity index (χ2v) is 3.63. The van der Waals surface area contributed by atoms with E-state index in [0.717, 1.165) is 6.29 Å². The zero-order chi connectivity index (χ0) is 9.07. The van der Waals surface area contributed by atoms with Crippen LogP contribution in [0.15, 0.2) is 12.7 Å². The van der Waals surface area contributed by atoms with E-state index in [1.54, 1.807) is 6.08 Å². The SMILES string of the molecule is C=CC(C=O)(C(C)C)C(C)C. The summed E-state index contributed by atoms with van der Waals surface area (Å²) in [7, 11) is 0. The first-order chi connectivity index (χ1) is 5.01. The van der Waals surface area contributed by atoms with Crippen LogP contribution in [0.5, 0.6) is 0 Å². The molecule has 0 heterocycles. The Balaban J connectivity index is 4.74. The van der Waals surface area contributed by atoms with Gasteiger partial charge in [-0.25, -0.2) is 0 Å². The molecule has 0 aromatic rings. The van der Waals surface area contributed by atoms with Gasteiger partial charge < -0.3 is 4.79 Å². The van der Waals surface area contributed by atoms with Crippen LogP contribution in [0.25, 0.3) is 0 Å². The molecule has 0 N–H and O–H groups in total. The average molecular weight is 154 g/mol. The summed E-state index contributed by atoms with van der Waals surface area (Å²) in [4.78, 5) is 10.9. The Labute approximate surface area is 69.5 Å². The maximum Gasteiger partial charge on any atom is 0.130 e. The molecular weight excluding hydrogens is 136 g/mol. The lowest BCUT2D eigenvalue weighted by Gasteiger charge is -2.32. The summed E-state index contributed by atoms with van der Waals surface area (Å²) in [5, 5.41) is 0. The van der Waals surface area contributed by atoms with E-state index in [-0.39, 0.29) is 5.41 Å². The van der Waals surface area contributed by atoms with Gasteiger partial charge in [0.2, 0.25) is 0 Å². The number of hydrogen-bond acceptors (Lipinski definition) is 1. The van der Waals surface area contributed by atoms with E-state index in [1.807, 2.05) is 0 Å². The molecule has 0 fully saturated rings. The van der Waals surface area contributed by atoms with Gasteiger partial charge in [0, 0.05) is 5.41 Å². The van der Waals surface area contributed by atoms with Gasteiger partial charge in [0.1, 0.15) is 6.29 Å². The summed E-state index contributed by atoms with van der Waals surface area (Å²) >= 11 is 0. The van der Waals surface area contributed by atoms with E-state index in [0.29, 0.717) is 11.8 Å². The molecule has 1 nitrogen and oxygen atoms in total. The van der Waals surface area contributed by atoms with Gasteiger partial charge in [0.15, 0.2) is 0 Å². The van der Waals surface area contributed by atoms with Crippen molar-refractivity contribution in [2.24, 2.45) is 17.3 Å². The maximum absolute atomic E-state index is 10.9. The van der Waals surface area contributed by atoms with E-state index < -0.39 is 0 Å². The minimum Gasteiger partial charge on any atom is -0.302 e. The fourth-order valence-electron chi connectivity index (χ4n) is 1.46. The Morgan fingerprint density at radius 3 is 1.55 bits per heavy atom. The third-order valence-electron chi connectivity index (χ3n) is 2.56. The quantitative estimate of drug-likeness (QED) is 0.449.